The maximum absolute atomic E-state index is 10.6. The summed E-state index contributed by atoms with van der Waals surface area (Å²) in [6, 6.07) is 0. The van der Waals surface area contributed by atoms with Crippen molar-refractivity contribution in [2.24, 2.45) is 0 Å². The minimum Gasteiger partial charge on any atom is -0.433 e. The predicted octanol–water partition coefficient (Wildman–Crippen LogP) is 1.10. The van der Waals surface area contributed by atoms with Crippen molar-refractivity contribution < 1.29 is 14.3 Å². The summed E-state index contributed by atoms with van der Waals surface area (Å²) in [6.07, 6.45) is 2.49. The molecule has 1 unspecified atom stereocenters. The maximum atomic E-state index is 10.6. The van der Waals surface area contributed by atoms with Gasteiger partial charge in [-0.15, -0.1) is 0 Å². The van der Waals surface area contributed by atoms with Crippen LogP contribution in [0.2, 0.25) is 0 Å². The van der Waals surface area contributed by atoms with Crippen LogP contribution in [0.15, 0.2) is 12.2 Å². The fraction of sp³-hybridized carbons (Fsp3) is 0.571. The van der Waals surface area contributed by atoms with E-state index in [4.69, 9.17) is 9.47 Å². The molecule has 0 N–H and O–H groups in total. The fourth-order valence-corrected chi connectivity index (χ4v) is 0.387. The van der Waals surface area contributed by atoms with Crippen LogP contribution >= 0.6 is 0 Å². The zero-order valence-electron chi connectivity index (χ0n) is 6.46. The highest BCUT2D eigenvalue weighted by Gasteiger charge is 2.02. The van der Waals surface area contributed by atoms with E-state index in [-0.39, 0.29) is 5.97 Å². The third-order valence-electron chi connectivity index (χ3n) is 0.917. The SMILES string of the molecule is C/C=C/C(=O)OC(C)OC. The van der Waals surface area contributed by atoms with Crippen molar-refractivity contribution in [1.82, 2.24) is 0 Å². The monoisotopic (exact) mass is 144 g/mol. The molecule has 0 aliphatic rings. The van der Waals surface area contributed by atoms with Gasteiger partial charge in [0.15, 0.2) is 6.29 Å². The Hall–Kier alpha value is -0.830. The summed E-state index contributed by atoms with van der Waals surface area (Å²) in [6.45, 7) is 3.40. The fourth-order valence-electron chi connectivity index (χ4n) is 0.387. The number of carbonyl (C=O) groups excluding carboxylic acids is 1. The van der Waals surface area contributed by atoms with Crippen molar-refractivity contribution in [1.29, 1.82) is 0 Å². The summed E-state index contributed by atoms with van der Waals surface area (Å²) >= 11 is 0. The molecule has 0 heterocycles. The second kappa shape index (κ2) is 4.99. The minimum atomic E-state index is -0.469. The van der Waals surface area contributed by atoms with Gasteiger partial charge in [0.05, 0.1) is 0 Å². The molecule has 0 saturated carbocycles. The van der Waals surface area contributed by atoms with Crippen molar-refractivity contribution >= 4 is 5.97 Å². The van der Waals surface area contributed by atoms with Gasteiger partial charge in [-0.2, -0.15) is 0 Å². The number of allylic oxidation sites excluding steroid dienone is 1. The Balaban J connectivity index is 3.57. The molecule has 3 heteroatoms. The van der Waals surface area contributed by atoms with E-state index in [2.05, 4.69) is 0 Å². The normalized spacial score (nSPS) is 13.5. The maximum Gasteiger partial charge on any atom is 0.332 e. The summed E-state index contributed by atoms with van der Waals surface area (Å²) in [5.41, 5.74) is 0. The number of rotatable bonds is 3. The Morgan fingerprint density at radius 3 is 2.60 bits per heavy atom. The largest absolute Gasteiger partial charge is 0.433 e. The molecule has 0 radical (unpaired) electrons. The quantitative estimate of drug-likeness (QED) is 0.338. The predicted molar refractivity (Wildman–Crippen MR) is 37.4 cm³/mol. The molecule has 0 saturated heterocycles. The first-order valence-corrected chi connectivity index (χ1v) is 3.06. The molecule has 0 bridgehead atoms. The van der Waals surface area contributed by atoms with Gasteiger partial charge < -0.3 is 9.47 Å². The van der Waals surface area contributed by atoms with E-state index in [0.717, 1.165) is 0 Å². The summed E-state index contributed by atoms with van der Waals surface area (Å²) in [7, 11) is 1.48. The van der Waals surface area contributed by atoms with Crippen LogP contribution in [0.3, 0.4) is 0 Å². The van der Waals surface area contributed by atoms with E-state index in [1.807, 2.05) is 0 Å². The van der Waals surface area contributed by atoms with Crippen molar-refractivity contribution in [3.05, 3.63) is 12.2 Å². The van der Waals surface area contributed by atoms with Gasteiger partial charge in [-0.3, -0.25) is 0 Å². The molecule has 0 aliphatic heterocycles. The lowest BCUT2D eigenvalue weighted by atomic mass is 10.5. The molecule has 0 fully saturated rings. The molecule has 3 nitrogen and oxygen atoms in total. The molecule has 0 aromatic rings. The van der Waals surface area contributed by atoms with E-state index in [1.54, 1.807) is 19.9 Å². The summed E-state index contributed by atoms with van der Waals surface area (Å²) in [4.78, 5) is 10.6. The van der Waals surface area contributed by atoms with Gasteiger partial charge >= 0.3 is 5.97 Å². The second-order valence-electron chi connectivity index (χ2n) is 1.74. The van der Waals surface area contributed by atoms with E-state index >= 15 is 0 Å². The number of hydrogen-bond donors (Lipinski definition) is 0. The molecule has 1 atom stereocenters. The number of hydrogen-bond acceptors (Lipinski definition) is 3. The van der Waals surface area contributed by atoms with E-state index in [1.165, 1.54) is 13.2 Å². The molecular formula is C7H12O3. The minimum absolute atomic E-state index is 0.378. The van der Waals surface area contributed by atoms with E-state index in [0.29, 0.717) is 0 Å². The molecule has 58 valence electrons. The Bertz CT molecular complexity index is 129. The van der Waals surface area contributed by atoms with Gasteiger partial charge in [0.25, 0.3) is 0 Å². The van der Waals surface area contributed by atoms with Crippen LogP contribution in [0, 0.1) is 0 Å². The van der Waals surface area contributed by atoms with Crippen LogP contribution < -0.4 is 0 Å². The highest BCUT2D eigenvalue weighted by Crippen LogP contribution is 1.91. The third kappa shape index (κ3) is 4.09. The van der Waals surface area contributed by atoms with Gasteiger partial charge in [0, 0.05) is 13.2 Å². The number of methoxy groups -OCH3 is 1. The smallest absolute Gasteiger partial charge is 0.332 e. The molecule has 0 amide bonds. The zero-order chi connectivity index (χ0) is 7.98. The lowest BCUT2D eigenvalue weighted by molar-refractivity contribution is -0.163. The van der Waals surface area contributed by atoms with Crippen molar-refractivity contribution in [2.45, 2.75) is 20.1 Å². The van der Waals surface area contributed by atoms with Crippen molar-refractivity contribution in [3.63, 3.8) is 0 Å². The van der Waals surface area contributed by atoms with Crippen LogP contribution in [-0.2, 0) is 14.3 Å². The Kier molecular flexibility index (Phi) is 4.58. The Morgan fingerprint density at radius 1 is 1.60 bits per heavy atom. The lowest BCUT2D eigenvalue weighted by Crippen LogP contribution is -2.14. The van der Waals surface area contributed by atoms with Gasteiger partial charge in [0.2, 0.25) is 0 Å². The first kappa shape index (κ1) is 9.17. The van der Waals surface area contributed by atoms with Crippen LogP contribution in [0.4, 0.5) is 0 Å². The Labute approximate surface area is 60.6 Å². The van der Waals surface area contributed by atoms with Gasteiger partial charge in [0.1, 0.15) is 0 Å². The zero-order valence-corrected chi connectivity index (χ0v) is 6.46. The highest BCUT2D eigenvalue weighted by atomic mass is 16.7. The average Bonchev–Trinajstić information content (AvgIpc) is 1.88. The first-order chi connectivity index (χ1) is 4.70. The average molecular weight is 144 g/mol. The summed E-state index contributed by atoms with van der Waals surface area (Å²) < 4.78 is 9.38. The van der Waals surface area contributed by atoms with Gasteiger partial charge in [-0.25, -0.2) is 4.79 Å². The lowest BCUT2D eigenvalue weighted by Gasteiger charge is -2.07. The standard InChI is InChI=1S/C7H12O3/c1-4-5-7(8)10-6(2)9-3/h4-6H,1-3H3/b5-4+. The molecule has 0 aromatic carbocycles. The van der Waals surface area contributed by atoms with Crippen LogP contribution in [0.1, 0.15) is 13.8 Å². The first-order valence-electron chi connectivity index (χ1n) is 3.06. The highest BCUT2D eigenvalue weighted by molar-refractivity contribution is 5.81. The summed E-state index contributed by atoms with van der Waals surface area (Å²) in [5.74, 6) is -0.378. The molecule has 0 aromatic heterocycles. The van der Waals surface area contributed by atoms with Crippen molar-refractivity contribution in [2.75, 3.05) is 7.11 Å². The van der Waals surface area contributed by atoms with Gasteiger partial charge in [-0.1, -0.05) is 6.08 Å². The van der Waals surface area contributed by atoms with Crippen LogP contribution in [0.5, 0.6) is 0 Å². The number of esters is 1. The van der Waals surface area contributed by atoms with E-state index in [9.17, 15) is 4.79 Å². The molecular weight excluding hydrogens is 132 g/mol. The molecule has 0 aliphatic carbocycles. The van der Waals surface area contributed by atoms with Crippen molar-refractivity contribution in [3.8, 4) is 0 Å². The van der Waals surface area contributed by atoms with Crippen LogP contribution in [-0.4, -0.2) is 19.4 Å². The second-order valence-corrected chi connectivity index (χ2v) is 1.74. The number of carbonyl (C=O) groups is 1. The summed E-state index contributed by atoms with van der Waals surface area (Å²) in [5, 5.41) is 0. The Morgan fingerprint density at radius 2 is 2.20 bits per heavy atom. The number of ether oxygens (including phenoxy) is 2. The molecule has 0 spiro atoms. The topological polar surface area (TPSA) is 35.5 Å². The van der Waals surface area contributed by atoms with Gasteiger partial charge in [-0.05, 0) is 13.8 Å². The van der Waals surface area contributed by atoms with E-state index < -0.39 is 6.29 Å². The third-order valence-corrected chi connectivity index (χ3v) is 0.917. The molecule has 0 rings (SSSR count). The van der Waals surface area contributed by atoms with Crippen LogP contribution in [0.25, 0.3) is 0 Å². The molecule has 10 heavy (non-hydrogen) atoms.